The van der Waals surface area contributed by atoms with E-state index in [0.29, 0.717) is 11.3 Å². The molecule has 0 aliphatic rings. The van der Waals surface area contributed by atoms with Crippen LogP contribution in [0.1, 0.15) is 36.7 Å². The largest absolute Gasteiger partial charge is 0.456 e. The van der Waals surface area contributed by atoms with Gasteiger partial charge in [-0.1, -0.05) is 23.9 Å². The molecule has 3 N–H and O–H groups in total. The van der Waals surface area contributed by atoms with Crippen molar-refractivity contribution in [3.05, 3.63) is 35.4 Å². The smallest absolute Gasteiger partial charge is 0.338 e. The van der Waals surface area contributed by atoms with Crippen LogP contribution in [0.25, 0.3) is 0 Å². The first-order chi connectivity index (χ1) is 8.28. The van der Waals surface area contributed by atoms with E-state index in [1.807, 2.05) is 32.9 Å². The topological polar surface area (TPSA) is 76.2 Å². The number of nitrogens with one attached hydrogen (secondary N) is 1. The molecular formula is C13H18N2O2S. The van der Waals surface area contributed by atoms with Crippen LogP contribution in [0.3, 0.4) is 0 Å². The van der Waals surface area contributed by atoms with E-state index in [1.54, 1.807) is 12.1 Å². The highest BCUT2D eigenvalue weighted by Gasteiger charge is 2.17. The van der Waals surface area contributed by atoms with Gasteiger partial charge in [0.1, 0.15) is 5.60 Å². The molecule has 18 heavy (non-hydrogen) atoms. The lowest BCUT2D eigenvalue weighted by molar-refractivity contribution is 0.00695. The van der Waals surface area contributed by atoms with Crippen molar-refractivity contribution in [3.8, 4) is 0 Å². The maximum absolute atomic E-state index is 11.8. The number of hydrogen-bond donors (Lipinski definition) is 2. The number of thioether (sulfide) groups is 1. The minimum absolute atomic E-state index is 0.0891. The highest BCUT2D eigenvalue weighted by atomic mass is 32.2. The maximum Gasteiger partial charge on any atom is 0.338 e. The van der Waals surface area contributed by atoms with E-state index < -0.39 is 5.60 Å². The van der Waals surface area contributed by atoms with Crippen molar-refractivity contribution in [2.75, 3.05) is 0 Å². The van der Waals surface area contributed by atoms with E-state index in [1.165, 1.54) is 11.8 Å². The molecule has 0 aliphatic carbocycles. The first-order valence-electron chi connectivity index (χ1n) is 5.57. The third kappa shape index (κ3) is 5.23. The number of carbonyl (C=O) groups excluding carboxylic acids is 1. The van der Waals surface area contributed by atoms with Crippen LogP contribution in [0.15, 0.2) is 24.3 Å². The molecule has 1 aromatic rings. The number of amidine groups is 1. The van der Waals surface area contributed by atoms with Crippen LogP contribution < -0.4 is 5.73 Å². The zero-order valence-corrected chi connectivity index (χ0v) is 11.6. The van der Waals surface area contributed by atoms with Crippen molar-refractivity contribution in [3.63, 3.8) is 0 Å². The van der Waals surface area contributed by atoms with Crippen LogP contribution in [0.4, 0.5) is 0 Å². The summed E-state index contributed by atoms with van der Waals surface area (Å²) >= 11 is 1.25. The molecule has 0 heterocycles. The lowest BCUT2D eigenvalue weighted by Crippen LogP contribution is -2.23. The zero-order valence-electron chi connectivity index (χ0n) is 10.8. The molecule has 1 aromatic carbocycles. The second-order valence-corrected chi connectivity index (χ2v) is 5.87. The number of esters is 1. The highest BCUT2D eigenvalue weighted by molar-refractivity contribution is 8.13. The Hall–Kier alpha value is -1.49. The molecule has 0 spiro atoms. The Kier molecular flexibility index (Phi) is 4.78. The van der Waals surface area contributed by atoms with E-state index in [9.17, 15) is 4.79 Å². The fourth-order valence-electron chi connectivity index (χ4n) is 1.24. The molecule has 0 saturated carbocycles. The first-order valence-corrected chi connectivity index (χ1v) is 6.55. The Morgan fingerprint density at radius 2 is 1.89 bits per heavy atom. The molecule has 0 fully saturated rings. The van der Waals surface area contributed by atoms with Crippen molar-refractivity contribution in [1.82, 2.24) is 0 Å². The lowest BCUT2D eigenvalue weighted by Gasteiger charge is -2.19. The molecule has 0 bridgehead atoms. The van der Waals surface area contributed by atoms with Crippen LogP contribution in [0.5, 0.6) is 0 Å². The average molecular weight is 266 g/mol. The van der Waals surface area contributed by atoms with Crippen LogP contribution in [0, 0.1) is 5.41 Å². The second kappa shape index (κ2) is 5.91. The third-order valence-corrected chi connectivity index (χ3v) is 2.77. The summed E-state index contributed by atoms with van der Waals surface area (Å²) < 4.78 is 5.26. The number of hydrogen-bond acceptors (Lipinski definition) is 4. The molecule has 0 unspecified atom stereocenters. The minimum atomic E-state index is -0.486. The molecule has 0 atom stereocenters. The summed E-state index contributed by atoms with van der Waals surface area (Å²) in [6.07, 6.45) is 0. The predicted molar refractivity (Wildman–Crippen MR) is 74.8 cm³/mol. The molecule has 0 aliphatic heterocycles. The van der Waals surface area contributed by atoms with Crippen LogP contribution in [0.2, 0.25) is 0 Å². The molecular weight excluding hydrogens is 248 g/mol. The van der Waals surface area contributed by atoms with Gasteiger partial charge in [-0.2, -0.15) is 0 Å². The molecule has 5 heteroatoms. The van der Waals surface area contributed by atoms with Crippen LogP contribution >= 0.6 is 11.8 Å². The van der Waals surface area contributed by atoms with Gasteiger partial charge in [-0.25, -0.2) is 4.79 Å². The van der Waals surface area contributed by atoms with Crippen molar-refractivity contribution in [1.29, 1.82) is 5.41 Å². The van der Waals surface area contributed by atoms with Gasteiger partial charge in [0.15, 0.2) is 5.17 Å². The Morgan fingerprint density at radius 1 is 1.33 bits per heavy atom. The fraction of sp³-hybridized carbons (Fsp3) is 0.385. The number of benzene rings is 1. The minimum Gasteiger partial charge on any atom is -0.456 e. The summed E-state index contributed by atoms with van der Waals surface area (Å²) in [6, 6.07) is 7.14. The fourth-order valence-corrected chi connectivity index (χ4v) is 1.75. The van der Waals surface area contributed by atoms with Gasteiger partial charge in [-0.05, 0) is 38.5 Å². The van der Waals surface area contributed by atoms with Gasteiger partial charge in [0.05, 0.1) is 5.56 Å². The number of rotatable bonds is 3. The van der Waals surface area contributed by atoms with Crippen molar-refractivity contribution < 1.29 is 9.53 Å². The molecule has 0 amide bonds. The van der Waals surface area contributed by atoms with Gasteiger partial charge in [0.2, 0.25) is 0 Å². The van der Waals surface area contributed by atoms with Gasteiger partial charge in [-0.15, -0.1) is 0 Å². The third-order valence-electron chi connectivity index (χ3n) is 1.98. The van der Waals surface area contributed by atoms with E-state index in [0.717, 1.165) is 5.56 Å². The van der Waals surface area contributed by atoms with Crippen molar-refractivity contribution in [2.24, 2.45) is 5.73 Å². The van der Waals surface area contributed by atoms with E-state index in [4.69, 9.17) is 15.9 Å². The zero-order chi connectivity index (χ0) is 13.8. The summed E-state index contributed by atoms with van der Waals surface area (Å²) in [7, 11) is 0. The SMILES string of the molecule is CC(C)(C)OC(=O)c1ccc(CSC(=N)N)cc1. The van der Waals surface area contributed by atoms with Crippen molar-refractivity contribution in [2.45, 2.75) is 32.1 Å². The monoisotopic (exact) mass is 266 g/mol. The van der Waals surface area contributed by atoms with E-state index >= 15 is 0 Å². The number of ether oxygens (including phenoxy) is 1. The average Bonchev–Trinajstić information content (AvgIpc) is 2.24. The summed E-state index contributed by atoms with van der Waals surface area (Å²) in [4.78, 5) is 11.8. The molecule has 0 saturated heterocycles. The van der Waals surface area contributed by atoms with Gasteiger partial charge in [0.25, 0.3) is 0 Å². The molecule has 0 aromatic heterocycles. The van der Waals surface area contributed by atoms with E-state index in [-0.39, 0.29) is 11.1 Å². The Bertz CT molecular complexity index is 435. The van der Waals surface area contributed by atoms with Gasteiger partial charge in [-0.3, -0.25) is 5.41 Å². The number of nitrogens with two attached hydrogens (primary N) is 1. The molecule has 4 nitrogen and oxygen atoms in total. The standard InChI is InChI=1S/C13H18N2O2S/c1-13(2,3)17-11(16)10-6-4-9(5-7-10)8-18-12(14)15/h4-7H,8H2,1-3H3,(H3,14,15). The highest BCUT2D eigenvalue weighted by Crippen LogP contribution is 2.15. The predicted octanol–water partition coefficient (Wildman–Crippen LogP) is 2.77. The van der Waals surface area contributed by atoms with E-state index in [2.05, 4.69) is 0 Å². The summed E-state index contributed by atoms with van der Waals surface area (Å²) in [6.45, 7) is 5.51. The second-order valence-electron chi connectivity index (χ2n) is 4.85. The van der Waals surface area contributed by atoms with Crippen LogP contribution in [-0.2, 0) is 10.5 Å². The summed E-state index contributed by atoms with van der Waals surface area (Å²) in [5.74, 6) is 0.303. The first kappa shape index (κ1) is 14.6. The Balaban J connectivity index is 2.65. The van der Waals surface area contributed by atoms with Gasteiger partial charge >= 0.3 is 5.97 Å². The Labute approximate surface area is 111 Å². The van der Waals surface area contributed by atoms with Crippen molar-refractivity contribution >= 4 is 22.9 Å². The maximum atomic E-state index is 11.8. The normalized spacial score (nSPS) is 11.1. The molecule has 1 rings (SSSR count). The van der Waals surface area contributed by atoms with Gasteiger partial charge < -0.3 is 10.5 Å². The summed E-state index contributed by atoms with van der Waals surface area (Å²) in [5, 5.41) is 7.21. The summed E-state index contributed by atoms with van der Waals surface area (Å²) in [5.41, 5.74) is 6.32. The van der Waals surface area contributed by atoms with Crippen LogP contribution in [-0.4, -0.2) is 16.7 Å². The quantitative estimate of drug-likeness (QED) is 0.501. The Morgan fingerprint density at radius 3 is 2.33 bits per heavy atom. The molecule has 0 radical (unpaired) electrons. The number of carbonyl (C=O) groups is 1. The lowest BCUT2D eigenvalue weighted by atomic mass is 10.1. The molecule has 98 valence electrons. The van der Waals surface area contributed by atoms with Gasteiger partial charge in [0, 0.05) is 5.75 Å².